The molecule has 0 unspecified atom stereocenters. The molecule has 1 spiro atoms. The second kappa shape index (κ2) is 11.2. The van der Waals surface area contributed by atoms with Crippen LogP contribution in [-0.2, 0) is 22.6 Å². The summed E-state index contributed by atoms with van der Waals surface area (Å²) in [4.78, 5) is 30.7. The average molecular weight is 467 g/mol. The molecule has 34 heavy (non-hydrogen) atoms. The quantitative estimate of drug-likeness (QED) is 0.742. The molecule has 0 radical (unpaired) electrons. The largest absolute Gasteiger partial charge is 0.361 e. The predicted octanol–water partition coefficient (Wildman–Crippen LogP) is 3.78. The second-order valence-electron chi connectivity index (χ2n) is 9.93. The van der Waals surface area contributed by atoms with Gasteiger partial charge in [0.1, 0.15) is 5.76 Å². The number of nitrogens with one attached hydrogen (secondary N) is 1. The number of amides is 2. The molecule has 2 aliphatic rings. The number of hydrogen-bond acceptors (Lipinski definition) is 5. The van der Waals surface area contributed by atoms with Crippen molar-refractivity contribution in [1.82, 2.24) is 20.3 Å². The highest BCUT2D eigenvalue weighted by Gasteiger charge is 2.40. The number of carbonyl (C=O) groups excluding carboxylic acids is 2. The molecule has 7 nitrogen and oxygen atoms in total. The Morgan fingerprint density at radius 3 is 2.53 bits per heavy atom. The van der Waals surface area contributed by atoms with Gasteiger partial charge in [-0.25, -0.2) is 0 Å². The summed E-state index contributed by atoms with van der Waals surface area (Å²) in [5.74, 6) is 0.857. The summed E-state index contributed by atoms with van der Waals surface area (Å²) in [5, 5.41) is 7.10. The number of benzene rings is 1. The van der Waals surface area contributed by atoms with Crippen LogP contribution in [0, 0.1) is 13.8 Å². The fourth-order valence-corrected chi connectivity index (χ4v) is 5.63. The van der Waals surface area contributed by atoms with Crippen molar-refractivity contribution in [3.05, 3.63) is 52.9 Å². The smallest absolute Gasteiger partial charge is 0.227 e. The monoisotopic (exact) mass is 466 g/mol. The third-order valence-corrected chi connectivity index (χ3v) is 7.58. The Hall–Kier alpha value is -2.67. The van der Waals surface area contributed by atoms with E-state index in [1.54, 1.807) is 0 Å². The molecule has 2 fully saturated rings. The zero-order valence-electron chi connectivity index (χ0n) is 20.6. The summed E-state index contributed by atoms with van der Waals surface area (Å²) < 4.78 is 5.25. The summed E-state index contributed by atoms with van der Waals surface area (Å²) in [5.41, 5.74) is 2.81. The first-order chi connectivity index (χ1) is 16.5. The molecule has 184 valence electrons. The molecule has 1 aliphatic heterocycles. The molecule has 1 aromatic carbocycles. The lowest BCUT2D eigenvalue weighted by atomic mass is 9.77. The van der Waals surface area contributed by atoms with Gasteiger partial charge in [-0.15, -0.1) is 0 Å². The van der Waals surface area contributed by atoms with Gasteiger partial charge < -0.3 is 14.7 Å². The lowest BCUT2D eigenvalue weighted by Gasteiger charge is -2.46. The molecule has 1 saturated carbocycles. The third-order valence-electron chi connectivity index (χ3n) is 7.58. The van der Waals surface area contributed by atoms with Crippen molar-refractivity contribution in [2.75, 3.05) is 26.2 Å². The fourth-order valence-electron chi connectivity index (χ4n) is 5.63. The van der Waals surface area contributed by atoms with Crippen LogP contribution in [0.25, 0.3) is 0 Å². The summed E-state index contributed by atoms with van der Waals surface area (Å²) in [6.45, 7) is 7.12. The molecule has 2 aromatic rings. The van der Waals surface area contributed by atoms with Gasteiger partial charge >= 0.3 is 0 Å². The number of carbonyl (C=O) groups is 2. The van der Waals surface area contributed by atoms with E-state index in [-0.39, 0.29) is 23.8 Å². The van der Waals surface area contributed by atoms with Gasteiger partial charge in [0, 0.05) is 50.2 Å². The second-order valence-corrected chi connectivity index (χ2v) is 9.93. The molecule has 7 heteroatoms. The van der Waals surface area contributed by atoms with Gasteiger partial charge in [0.25, 0.3) is 0 Å². The maximum atomic E-state index is 13.2. The molecule has 1 aromatic heterocycles. The van der Waals surface area contributed by atoms with Gasteiger partial charge in [-0.05, 0) is 38.7 Å². The van der Waals surface area contributed by atoms with E-state index in [0.717, 1.165) is 43.6 Å². The average Bonchev–Trinajstić information content (AvgIpc) is 3.14. The Labute approximate surface area is 202 Å². The first-order valence-corrected chi connectivity index (χ1v) is 12.7. The van der Waals surface area contributed by atoms with Gasteiger partial charge in [-0.1, -0.05) is 54.8 Å². The van der Waals surface area contributed by atoms with Gasteiger partial charge in [0.05, 0.1) is 12.1 Å². The molecule has 1 saturated heterocycles. The molecule has 2 heterocycles. The van der Waals surface area contributed by atoms with E-state index in [0.29, 0.717) is 31.8 Å². The Morgan fingerprint density at radius 1 is 1.06 bits per heavy atom. The maximum absolute atomic E-state index is 13.2. The first kappa shape index (κ1) is 24.5. The number of nitrogens with zero attached hydrogens (tertiary/aromatic N) is 3. The molecular formula is C27H38N4O3. The van der Waals surface area contributed by atoms with Crippen molar-refractivity contribution >= 4 is 11.8 Å². The highest BCUT2D eigenvalue weighted by atomic mass is 16.5. The standard InChI is InChI=1S/C27H38N4O3/c1-21-24(22(2)34-29-21)18-26(33)30-15-9-16-31(20-23-10-5-3-6-11-23)27(12-7-4-8-13-27)19-25(32)28-14-17-30/h3,5-6,10-11H,4,7-9,12-20H2,1-2H3,(H,28,32). The fraction of sp³-hybridized carbons (Fsp3) is 0.593. The minimum Gasteiger partial charge on any atom is -0.361 e. The van der Waals surface area contributed by atoms with E-state index in [2.05, 4.69) is 39.6 Å². The molecule has 1 N–H and O–H groups in total. The van der Waals surface area contributed by atoms with Crippen molar-refractivity contribution in [2.45, 2.75) is 77.3 Å². The van der Waals surface area contributed by atoms with Gasteiger partial charge in [-0.3, -0.25) is 14.5 Å². The molecule has 1 aliphatic carbocycles. The van der Waals surface area contributed by atoms with E-state index >= 15 is 0 Å². The van der Waals surface area contributed by atoms with Gasteiger partial charge in [0.15, 0.2) is 0 Å². The van der Waals surface area contributed by atoms with E-state index in [9.17, 15) is 9.59 Å². The number of aryl methyl sites for hydroxylation is 2. The van der Waals surface area contributed by atoms with Crippen LogP contribution < -0.4 is 5.32 Å². The van der Waals surface area contributed by atoms with Crippen molar-refractivity contribution in [3.63, 3.8) is 0 Å². The number of hydrogen-bond donors (Lipinski definition) is 1. The molecular weight excluding hydrogens is 428 g/mol. The van der Waals surface area contributed by atoms with Crippen LogP contribution in [0.15, 0.2) is 34.9 Å². The summed E-state index contributed by atoms with van der Waals surface area (Å²) in [6, 6.07) is 10.5. The van der Waals surface area contributed by atoms with Gasteiger partial charge in [-0.2, -0.15) is 0 Å². The lowest BCUT2D eigenvalue weighted by molar-refractivity contribution is -0.131. The van der Waals surface area contributed by atoms with E-state index in [4.69, 9.17) is 4.52 Å². The van der Waals surface area contributed by atoms with Crippen molar-refractivity contribution < 1.29 is 14.1 Å². The summed E-state index contributed by atoms with van der Waals surface area (Å²) in [7, 11) is 0. The number of rotatable bonds is 4. The topological polar surface area (TPSA) is 78.7 Å². The van der Waals surface area contributed by atoms with E-state index in [1.165, 1.54) is 24.8 Å². The SMILES string of the molecule is Cc1noc(C)c1CC(=O)N1CCCN(Cc2ccccc2)C2(CCCCC2)CC(=O)NCC1. The molecule has 0 bridgehead atoms. The van der Waals surface area contributed by atoms with Crippen LogP contribution in [0.3, 0.4) is 0 Å². The normalized spacial score (nSPS) is 20.1. The highest BCUT2D eigenvalue weighted by molar-refractivity contribution is 5.80. The predicted molar refractivity (Wildman–Crippen MR) is 131 cm³/mol. The van der Waals surface area contributed by atoms with Crippen LogP contribution in [0.4, 0.5) is 0 Å². The van der Waals surface area contributed by atoms with Crippen LogP contribution in [0.5, 0.6) is 0 Å². The van der Waals surface area contributed by atoms with E-state index in [1.807, 2.05) is 24.8 Å². The Balaban J connectivity index is 1.52. The van der Waals surface area contributed by atoms with Crippen molar-refractivity contribution in [2.24, 2.45) is 0 Å². The third kappa shape index (κ3) is 5.87. The minimum atomic E-state index is -0.103. The van der Waals surface area contributed by atoms with Crippen LogP contribution in [0.1, 0.15) is 67.5 Å². The van der Waals surface area contributed by atoms with Crippen LogP contribution >= 0.6 is 0 Å². The minimum absolute atomic E-state index is 0.0601. The zero-order chi connectivity index (χ0) is 24.0. The lowest BCUT2D eigenvalue weighted by Crippen LogP contribution is -2.52. The summed E-state index contributed by atoms with van der Waals surface area (Å²) >= 11 is 0. The van der Waals surface area contributed by atoms with Crippen molar-refractivity contribution in [1.29, 1.82) is 0 Å². The Kier molecular flexibility index (Phi) is 8.03. The zero-order valence-corrected chi connectivity index (χ0v) is 20.6. The number of aromatic nitrogens is 1. The summed E-state index contributed by atoms with van der Waals surface area (Å²) in [6.07, 6.45) is 7.40. The van der Waals surface area contributed by atoms with Crippen LogP contribution in [0.2, 0.25) is 0 Å². The molecule has 0 atom stereocenters. The van der Waals surface area contributed by atoms with Crippen LogP contribution in [-0.4, -0.2) is 58.5 Å². The Bertz CT molecular complexity index is 946. The van der Waals surface area contributed by atoms with Crippen molar-refractivity contribution in [3.8, 4) is 0 Å². The first-order valence-electron chi connectivity index (χ1n) is 12.7. The molecule has 2 amide bonds. The highest BCUT2D eigenvalue weighted by Crippen LogP contribution is 2.38. The maximum Gasteiger partial charge on any atom is 0.227 e. The van der Waals surface area contributed by atoms with Gasteiger partial charge in [0.2, 0.25) is 11.8 Å². The molecule has 4 rings (SSSR count). The van der Waals surface area contributed by atoms with E-state index < -0.39 is 0 Å². The Morgan fingerprint density at radius 2 is 1.82 bits per heavy atom.